The van der Waals surface area contributed by atoms with Crippen LogP contribution in [0.15, 0.2) is 36.4 Å². The van der Waals surface area contributed by atoms with Crippen LogP contribution in [0.4, 0.5) is 0 Å². The van der Waals surface area contributed by atoms with E-state index >= 15 is 0 Å². The molecule has 186 valence electrons. The number of nitrogens with one attached hydrogen (secondary N) is 1. The lowest BCUT2D eigenvalue weighted by Crippen LogP contribution is -2.38. The molecule has 2 heterocycles. The number of carbonyl (C=O) groups excluding carboxylic acids is 1. The van der Waals surface area contributed by atoms with Gasteiger partial charge in [0.1, 0.15) is 11.5 Å². The first-order valence-corrected chi connectivity index (χ1v) is 11.7. The highest BCUT2D eigenvalue weighted by atomic mass is 16.5. The second-order valence-corrected chi connectivity index (χ2v) is 8.91. The number of phenols is 2. The highest BCUT2D eigenvalue weighted by Crippen LogP contribution is 2.38. The van der Waals surface area contributed by atoms with Crippen LogP contribution in [0.3, 0.4) is 0 Å². The number of rotatable bonds is 7. The number of ether oxygens (including phenoxy) is 1. The molecule has 0 bridgehead atoms. The lowest BCUT2D eigenvalue weighted by molar-refractivity contribution is 0.0342. The molecule has 2 aromatic carbocycles. The van der Waals surface area contributed by atoms with Gasteiger partial charge < -0.3 is 14.9 Å². The van der Waals surface area contributed by atoms with Crippen molar-refractivity contribution in [3.05, 3.63) is 53.3 Å². The second kappa shape index (κ2) is 10.4. The van der Waals surface area contributed by atoms with Crippen LogP contribution in [0.1, 0.15) is 41.5 Å². The number of amides is 1. The Morgan fingerprint density at radius 2 is 1.80 bits per heavy atom. The molecule has 0 saturated carbocycles. The van der Waals surface area contributed by atoms with Crippen LogP contribution < -0.4 is 5.43 Å². The third-order valence-corrected chi connectivity index (χ3v) is 6.21. The van der Waals surface area contributed by atoms with Crippen LogP contribution in [-0.2, 0) is 11.3 Å². The summed E-state index contributed by atoms with van der Waals surface area (Å²) in [4.78, 5) is 15.4. The Bertz CT molecular complexity index is 1190. The van der Waals surface area contributed by atoms with Crippen LogP contribution in [0.25, 0.3) is 17.1 Å². The number of nitrogens with zero attached hydrogens (tertiary/aromatic N) is 5. The number of morpholine rings is 1. The zero-order chi connectivity index (χ0) is 25.1. The standard InChI is InChI=1S/C25H32N6O4/c1-16(2)19-13-20(22(33)14-21(19)32)23-27-28-24(25(34)29(4)26-3)31(23)18-7-5-17(6-8-18)15-30-9-11-35-12-10-30/h5-8,13-14,16,26,32-33H,9-12,15H2,1-4H3. The third-order valence-electron chi connectivity index (χ3n) is 6.21. The number of aromatic hydroxyl groups is 2. The average Bonchev–Trinajstić information content (AvgIpc) is 3.28. The molecule has 0 spiro atoms. The maximum absolute atomic E-state index is 13.1. The lowest BCUT2D eigenvalue weighted by atomic mass is 9.98. The normalized spacial score (nSPS) is 14.4. The van der Waals surface area contributed by atoms with E-state index in [1.165, 1.54) is 11.1 Å². The minimum absolute atomic E-state index is 0.00555. The summed E-state index contributed by atoms with van der Waals surface area (Å²) in [5.41, 5.74) is 5.65. The summed E-state index contributed by atoms with van der Waals surface area (Å²) in [6, 6.07) is 10.9. The molecule has 1 aromatic heterocycles. The number of aromatic nitrogens is 3. The average molecular weight is 481 g/mol. The molecule has 1 amide bonds. The number of phenolic OH excluding ortho intramolecular Hbond substituents is 2. The Hall–Kier alpha value is -3.47. The first-order chi connectivity index (χ1) is 16.8. The molecule has 0 atom stereocenters. The Labute approximate surface area is 204 Å². The van der Waals surface area contributed by atoms with E-state index in [9.17, 15) is 15.0 Å². The minimum Gasteiger partial charge on any atom is -0.508 e. The smallest absolute Gasteiger partial charge is 0.305 e. The van der Waals surface area contributed by atoms with Gasteiger partial charge in [0.25, 0.3) is 0 Å². The van der Waals surface area contributed by atoms with E-state index in [0.29, 0.717) is 22.6 Å². The molecule has 1 aliphatic rings. The van der Waals surface area contributed by atoms with Gasteiger partial charge in [0, 0.05) is 45.5 Å². The zero-order valence-corrected chi connectivity index (χ0v) is 20.5. The Morgan fingerprint density at radius 1 is 1.11 bits per heavy atom. The summed E-state index contributed by atoms with van der Waals surface area (Å²) < 4.78 is 7.06. The molecule has 4 rings (SSSR count). The van der Waals surface area contributed by atoms with Crippen LogP contribution in [-0.4, -0.2) is 81.2 Å². The van der Waals surface area contributed by atoms with Gasteiger partial charge in [-0.25, -0.2) is 5.43 Å². The summed E-state index contributed by atoms with van der Waals surface area (Å²) in [7, 11) is 3.24. The molecule has 10 heteroatoms. The van der Waals surface area contributed by atoms with Crippen molar-refractivity contribution >= 4 is 5.91 Å². The summed E-state index contributed by atoms with van der Waals surface area (Å²) in [5, 5.41) is 30.8. The van der Waals surface area contributed by atoms with Crippen molar-refractivity contribution < 1.29 is 19.7 Å². The molecule has 3 N–H and O–H groups in total. The van der Waals surface area contributed by atoms with Crippen LogP contribution in [0, 0.1) is 0 Å². The first kappa shape index (κ1) is 24.6. The Morgan fingerprint density at radius 3 is 2.43 bits per heavy atom. The fraction of sp³-hybridized carbons (Fsp3) is 0.400. The van der Waals surface area contributed by atoms with Gasteiger partial charge in [-0.3, -0.25) is 19.3 Å². The van der Waals surface area contributed by atoms with Crippen molar-refractivity contribution in [2.45, 2.75) is 26.3 Å². The molecule has 1 saturated heterocycles. The summed E-state index contributed by atoms with van der Waals surface area (Å²) in [6.45, 7) is 7.97. The number of benzene rings is 2. The maximum atomic E-state index is 13.1. The molecule has 0 unspecified atom stereocenters. The van der Waals surface area contributed by atoms with Crippen molar-refractivity contribution in [1.29, 1.82) is 0 Å². The summed E-state index contributed by atoms with van der Waals surface area (Å²) >= 11 is 0. The van der Waals surface area contributed by atoms with Gasteiger partial charge >= 0.3 is 5.91 Å². The SMILES string of the molecule is CNN(C)C(=O)c1nnc(-c2cc(C(C)C)c(O)cc2O)n1-c1ccc(CN2CCOCC2)cc1. The molecule has 0 aliphatic carbocycles. The molecular formula is C25H32N6O4. The third kappa shape index (κ3) is 5.14. The van der Waals surface area contributed by atoms with Crippen molar-refractivity contribution in [2.75, 3.05) is 40.4 Å². The highest BCUT2D eigenvalue weighted by Gasteiger charge is 2.26. The Balaban J connectivity index is 1.78. The molecule has 35 heavy (non-hydrogen) atoms. The molecule has 1 aliphatic heterocycles. The summed E-state index contributed by atoms with van der Waals surface area (Å²) in [6.07, 6.45) is 0. The van der Waals surface area contributed by atoms with Crippen LogP contribution in [0.5, 0.6) is 11.5 Å². The van der Waals surface area contributed by atoms with Crippen molar-refractivity contribution in [2.24, 2.45) is 0 Å². The quantitative estimate of drug-likeness (QED) is 0.442. The summed E-state index contributed by atoms with van der Waals surface area (Å²) in [5.74, 6) is -0.112. The number of carbonyl (C=O) groups is 1. The van der Waals surface area contributed by atoms with Crippen LogP contribution >= 0.6 is 0 Å². The zero-order valence-electron chi connectivity index (χ0n) is 20.5. The number of hydrazine groups is 1. The van der Waals surface area contributed by atoms with Gasteiger partial charge in [-0.15, -0.1) is 10.2 Å². The first-order valence-electron chi connectivity index (χ1n) is 11.7. The van der Waals surface area contributed by atoms with Crippen molar-refractivity contribution in [3.8, 4) is 28.6 Å². The highest BCUT2D eigenvalue weighted by molar-refractivity contribution is 5.92. The van der Waals surface area contributed by atoms with Gasteiger partial charge in [-0.2, -0.15) is 0 Å². The minimum atomic E-state index is -0.383. The van der Waals surface area contributed by atoms with E-state index in [1.807, 2.05) is 38.1 Å². The largest absolute Gasteiger partial charge is 0.508 e. The topological polar surface area (TPSA) is 116 Å². The monoisotopic (exact) mass is 480 g/mol. The van der Waals surface area contributed by atoms with Gasteiger partial charge in [0.05, 0.1) is 18.8 Å². The van der Waals surface area contributed by atoms with E-state index in [2.05, 4.69) is 20.5 Å². The van der Waals surface area contributed by atoms with E-state index in [0.717, 1.165) is 38.4 Å². The molecule has 1 fully saturated rings. The fourth-order valence-corrected chi connectivity index (χ4v) is 4.10. The fourth-order valence-electron chi connectivity index (χ4n) is 4.10. The number of hydrogen-bond acceptors (Lipinski definition) is 8. The van der Waals surface area contributed by atoms with Gasteiger partial charge in [0.15, 0.2) is 5.82 Å². The van der Waals surface area contributed by atoms with Crippen molar-refractivity contribution in [1.82, 2.24) is 30.1 Å². The second-order valence-electron chi connectivity index (χ2n) is 8.91. The molecule has 0 radical (unpaired) electrons. The van der Waals surface area contributed by atoms with Crippen molar-refractivity contribution in [3.63, 3.8) is 0 Å². The van der Waals surface area contributed by atoms with E-state index in [1.54, 1.807) is 24.7 Å². The molecule has 10 nitrogen and oxygen atoms in total. The predicted molar refractivity (Wildman–Crippen MR) is 131 cm³/mol. The van der Waals surface area contributed by atoms with Gasteiger partial charge in [-0.05, 0) is 35.2 Å². The number of hydrogen-bond donors (Lipinski definition) is 3. The molecule has 3 aromatic rings. The molecular weight excluding hydrogens is 448 g/mol. The van der Waals surface area contributed by atoms with Gasteiger partial charge in [0.2, 0.25) is 5.82 Å². The van der Waals surface area contributed by atoms with Gasteiger partial charge in [-0.1, -0.05) is 26.0 Å². The lowest BCUT2D eigenvalue weighted by Gasteiger charge is -2.26. The van der Waals surface area contributed by atoms with E-state index < -0.39 is 0 Å². The maximum Gasteiger partial charge on any atom is 0.305 e. The Kier molecular flexibility index (Phi) is 7.34. The van der Waals surface area contributed by atoms with E-state index in [-0.39, 0.29) is 29.1 Å². The van der Waals surface area contributed by atoms with E-state index in [4.69, 9.17) is 4.74 Å². The predicted octanol–water partition coefficient (Wildman–Crippen LogP) is 2.51. The van der Waals surface area contributed by atoms with Crippen LogP contribution in [0.2, 0.25) is 0 Å².